The lowest BCUT2D eigenvalue weighted by atomic mass is 10.1. The van der Waals surface area contributed by atoms with E-state index in [4.69, 9.17) is 0 Å². The van der Waals surface area contributed by atoms with Crippen molar-refractivity contribution in [3.8, 4) is 11.5 Å². The lowest BCUT2D eigenvalue weighted by molar-refractivity contribution is 0.0946. The summed E-state index contributed by atoms with van der Waals surface area (Å²) in [4.78, 5) is 15.9. The molecule has 3 N–H and O–H groups in total. The number of para-hydroxylation sites is 1. The first-order valence-electron chi connectivity index (χ1n) is 5.35. The first-order chi connectivity index (χ1) is 8.59. The Hall–Kier alpha value is -2.50. The van der Waals surface area contributed by atoms with Gasteiger partial charge in [-0.3, -0.25) is 4.79 Å². The fourth-order valence-corrected chi connectivity index (χ4v) is 1.54. The second-order valence-electron chi connectivity index (χ2n) is 3.81. The van der Waals surface area contributed by atoms with Crippen molar-refractivity contribution in [2.45, 2.75) is 6.54 Å². The highest BCUT2D eigenvalue weighted by Crippen LogP contribution is 2.27. The number of amides is 1. The van der Waals surface area contributed by atoms with Crippen LogP contribution in [0.2, 0.25) is 0 Å². The zero-order valence-electron chi connectivity index (χ0n) is 9.79. The standard InChI is InChI=1S/C12H13N3O3/c1-15-6-5-13-10(15)7-14-12(18)8-3-2-4-9(16)11(8)17/h2-6,16-17H,7H2,1H3,(H,14,18). The predicted octanol–water partition coefficient (Wildman–Crippen LogP) is 0.761. The fraction of sp³-hybridized carbons (Fsp3) is 0.167. The topological polar surface area (TPSA) is 87.4 Å². The molecule has 1 aromatic heterocycles. The fourth-order valence-electron chi connectivity index (χ4n) is 1.54. The van der Waals surface area contributed by atoms with Gasteiger partial charge in [0, 0.05) is 19.4 Å². The van der Waals surface area contributed by atoms with E-state index >= 15 is 0 Å². The zero-order chi connectivity index (χ0) is 13.1. The number of aromatic nitrogens is 2. The molecule has 6 nitrogen and oxygen atoms in total. The van der Waals surface area contributed by atoms with Gasteiger partial charge in [0.05, 0.1) is 12.1 Å². The molecular weight excluding hydrogens is 234 g/mol. The molecule has 0 spiro atoms. The van der Waals surface area contributed by atoms with E-state index in [1.54, 1.807) is 17.0 Å². The van der Waals surface area contributed by atoms with Gasteiger partial charge in [-0.05, 0) is 12.1 Å². The Morgan fingerprint density at radius 2 is 2.22 bits per heavy atom. The normalized spacial score (nSPS) is 10.3. The molecule has 0 unspecified atom stereocenters. The molecule has 0 fully saturated rings. The maximum atomic E-state index is 11.8. The molecule has 18 heavy (non-hydrogen) atoms. The number of carbonyl (C=O) groups excluding carboxylic acids is 1. The predicted molar refractivity (Wildman–Crippen MR) is 64.1 cm³/mol. The van der Waals surface area contributed by atoms with E-state index in [1.165, 1.54) is 18.2 Å². The maximum absolute atomic E-state index is 11.8. The monoisotopic (exact) mass is 247 g/mol. The summed E-state index contributed by atoms with van der Waals surface area (Å²) >= 11 is 0. The number of aryl methyl sites for hydroxylation is 1. The van der Waals surface area contributed by atoms with Gasteiger partial charge in [-0.2, -0.15) is 0 Å². The molecule has 1 aromatic carbocycles. The molecule has 1 heterocycles. The van der Waals surface area contributed by atoms with E-state index in [9.17, 15) is 15.0 Å². The highest BCUT2D eigenvalue weighted by Gasteiger charge is 2.13. The van der Waals surface area contributed by atoms with Gasteiger partial charge in [0.25, 0.3) is 5.91 Å². The molecule has 0 aliphatic carbocycles. The lowest BCUT2D eigenvalue weighted by Gasteiger charge is -2.07. The van der Waals surface area contributed by atoms with Crippen LogP contribution in [0.25, 0.3) is 0 Å². The zero-order valence-corrected chi connectivity index (χ0v) is 9.79. The van der Waals surface area contributed by atoms with Gasteiger partial charge >= 0.3 is 0 Å². The van der Waals surface area contributed by atoms with Crippen LogP contribution in [0.1, 0.15) is 16.2 Å². The summed E-state index contributed by atoms with van der Waals surface area (Å²) in [6.07, 6.45) is 3.40. The average molecular weight is 247 g/mol. The molecule has 1 amide bonds. The minimum Gasteiger partial charge on any atom is -0.504 e. The van der Waals surface area contributed by atoms with E-state index in [0.717, 1.165) is 0 Å². The van der Waals surface area contributed by atoms with Crippen molar-refractivity contribution in [2.75, 3.05) is 0 Å². The Balaban J connectivity index is 2.09. The van der Waals surface area contributed by atoms with Crippen LogP contribution >= 0.6 is 0 Å². The quantitative estimate of drug-likeness (QED) is 0.699. The maximum Gasteiger partial charge on any atom is 0.255 e. The summed E-state index contributed by atoms with van der Waals surface area (Å²) in [5.74, 6) is -0.510. The third kappa shape index (κ3) is 2.27. The van der Waals surface area contributed by atoms with Crippen LogP contribution in [0.4, 0.5) is 0 Å². The minimum atomic E-state index is -0.466. The van der Waals surface area contributed by atoms with E-state index in [0.29, 0.717) is 5.82 Å². The number of aromatic hydroxyl groups is 2. The van der Waals surface area contributed by atoms with Gasteiger partial charge in [0.2, 0.25) is 0 Å². The molecule has 0 radical (unpaired) electrons. The van der Waals surface area contributed by atoms with Crippen LogP contribution in [0.3, 0.4) is 0 Å². The van der Waals surface area contributed by atoms with E-state index in [-0.39, 0.29) is 17.9 Å². The number of benzene rings is 1. The van der Waals surface area contributed by atoms with Gasteiger partial charge in [-0.1, -0.05) is 6.07 Å². The summed E-state index contributed by atoms with van der Waals surface area (Å²) in [6, 6.07) is 4.23. The van der Waals surface area contributed by atoms with Crippen LogP contribution in [-0.4, -0.2) is 25.7 Å². The van der Waals surface area contributed by atoms with Crippen molar-refractivity contribution in [1.29, 1.82) is 0 Å². The molecule has 0 bridgehead atoms. The Kier molecular flexibility index (Phi) is 3.18. The molecule has 0 saturated heterocycles. The third-order valence-electron chi connectivity index (χ3n) is 2.59. The lowest BCUT2D eigenvalue weighted by Crippen LogP contribution is -2.24. The molecule has 0 atom stereocenters. The van der Waals surface area contributed by atoms with Crippen LogP contribution in [0.15, 0.2) is 30.6 Å². The van der Waals surface area contributed by atoms with Crippen molar-refractivity contribution >= 4 is 5.91 Å². The molecule has 2 aromatic rings. The minimum absolute atomic E-state index is 0.0317. The molecule has 0 aliphatic heterocycles. The number of phenols is 2. The highest BCUT2D eigenvalue weighted by atomic mass is 16.3. The van der Waals surface area contributed by atoms with Crippen LogP contribution in [-0.2, 0) is 13.6 Å². The van der Waals surface area contributed by atoms with Crippen molar-refractivity contribution in [3.63, 3.8) is 0 Å². The molecule has 6 heteroatoms. The summed E-state index contributed by atoms with van der Waals surface area (Å²) in [7, 11) is 1.82. The number of rotatable bonds is 3. The second-order valence-corrected chi connectivity index (χ2v) is 3.81. The SMILES string of the molecule is Cn1ccnc1CNC(=O)c1cccc(O)c1O. The Bertz CT molecular complexity index is 578. The Labute approximate surface area is 104 Å². The third-order valence-corrected chi connectivity index (χ3v) is 2.59. The van der Waals surface area contributed by atoms with Gasteiger partial charge in [-0.15, -0.1) is 0 Å². The smallest absolute Gasteiger partial charge is 0.255 e. The molecule has 94 valence electrons. The number of carbonyl (C=O) groups is 1. The largest absolute Gasteiger partial charge is 0.504 e. The van der Waals surface area contributed by atoms with Crippen molar-refractivity contribution in [3.05, 3.63) is 42.0 Å². The van der Waals surface area contributed by atoms with Crippen LogP contribution in [0, 0.1) is 0 Å². The Morgan fingerprint density at radius 1 is 1.44 bits per heavy atom. The number of hydrogen-bond acceptors (Lipinski definition) is 4. The molecule has 0 aliphatic rings. The van der Waals surface area contributed by atoms with Gasteiger partial charge in [0.1, 0.15) is 5.82 Å². The number of nitrogens with one attached hydrogen (secondary N) is 1. The van der Waals surface area contributed by atoms with E-state index < -0.39 is 11.7 Å². The molecule has 0 saturated carbocycles. The number of hydrogen-bond donors (Lipinski definition) is 3. The molecule has 2 rings (SSSR count). The first kappa shape index (κ1) is 12.0. The summed E-state index contributed by atoms with van der Waals surface area (Å²) in [5.41, 5.74) is 0.0317. The number of nitrogens with zero attached hydrogens (tertiary/aromatic N) is 2. The summed E-state index contributed by atoms with van der Waals surface area (Å²) in [6.45, 7) is 0.247. The van der Waals surface area contributed by atoms with E-state index in [2.05, 4.69) is 10.3 Å². The van der Waals surface area contributed by atoms with Crippen LogP contribution < -0.4 is 5.32 Å². The van der Waals surface area contributed by atoms with E-state index in [1.807, 2.05) is 7.05 Å². The number of imidazole rings is 1. The Morgan fingerprint density at radius 3 is 2.89 bits per heavy atom. The average Bonchev–Trinajstić information content (AvgIpc) is 2.75. The van der Waals surface area contributed by atoms with Crippen molar-refractivity contribution in [2.24, 2.45) is 7.05 Å². The van der Waals surface area contributed by atoms with Crippen LogP contribution in [0.5, 0.6) is 11.5 Å². The second kappa shape index (κ2) is 4.79. The highest BCUT2D eigenvalue weighted by molar-refractivity contribution is 5.97. The van der Waals surface area contributed by atoms with Crippen molar-refractivity contribution in [1.82, 2.24) is 14.9 Å². The van der Waals surface area contributed by atoms with Gasteiger partial charge < -0.3 is 20.1 Å². The number of phenolic OH excluding ortho intramolecular Hbond substituents is 2. The van der Waals surface area contributed by atoms with Crippen molar-refractivity contribution < 1.29 is 15.0 Å². The van der Waals surface area contributed by atoms with Gasteiger partial charge in [0.15, 0.2) is 11.5 Å². The van der Waals surface area contributed by atoms with Gasteiger partial charge in [-0.25, -0.2) is 4.98 Å². The molecular formula is C12H13N3O3. The first-order valence-corrected chi connectivity index (χ1v) is 5.35. The summed E-state index contributed by atoms with van der Waals surface area (Å²) < 4.78 is 1.78. The summed E-state index contributed by atoms with van der Waals surface area (Å²) in [5, 5.41) is 21.5.